The van der Waals surface area contributed by atoms with Gasteiger partial charge in [0.15, 0.2) is 11.6 Å². The number of carbonyl (C=O) groups excluding carboxylic acids is 1. The molecule has 2 aromatic rings. The summed E-state index contributed by atoms with van der Waals surface area (Å²) >= 11 is 5.08. The van der Waals surface area contributed by atoms with Crippen LogP contribution in [-0.4, -0.2) is 12.5 Å². The van der Waals surface area contributed by atoms with E-state index in [2.05, 4.69) is 49.3 Å². The zero-order valence-electron chi connectivity index (χ0n) is 14.0. The zero-order chi connectivity index (χ0) is 19.3. The van der Waals surface area contributed by atoms with Crippen LogP contribution in [0.15, 0.2) is 40.9 Å². The van der Waals surface area contributed by atoms with Crippen LogP contribution in [0.5, 0.6) is 0 Å². The number of benzene rings is 2. The Bertz CT molecular complexity index is 860. The topological polar surface area (TPSA) is 50.4 Å². The van der Waals surface area contributed by atoms with Gasteiger partial charge in [-0.05, 0) is 82.2 Å². The van der Waals surface area contributed by atoms with E-state index < -0.39 is 17.5 Å². The zero-order valence-corrected chi connectivity index (χ0v) is 17.7. The highest BCUT2D eigenvalue weighted by Crippen LogP contribution is 2.32. The summed E-state index contributed by atoms with van der Waals surface area (Å²) in [6.07, 6.45) is 3.45. The van der Waals surface area contributed by atoms with E-state index in [-0.39, 0.29) is 22.3 Å². The summed E-state index contributed by atoms with van der Waals surface area (Å²) in [6.45, 7) is 3.80. The van der Waals surface area contributed by atoms with Crippen molar-refractivity contribution in [3.8, 4) is 0 Å². The molecule has 0 unspecified atom stereocenters. The molecular weight excluding hydrogens is 521 g/mol. The highest BCUT2D eigenvalue weighted by molar-refractivity contribution is 14.1. The van der Waals surface area contributed by atoms with E-state index >= 15 is 0 Å². The van der Waals surface area contributed by atoms with Crippen molar-refractivity contribution in [2.24, 2.45) is 0 Å². The molecule has 0 aliphatic rings. The van der Waals surface area contributed by atoms with Crippen molar-refractivity contribution in [2.45, 2.75) is 13.8 Å². The van der Waals surface area contributed by atoms with E-state index in [0.29, 0.717) is 5.69 Å². The Morgan fingerprint density at radius 1 is 1.31 bits per heavy atom. The molecule has 0 spiro atoms. The smallest absolute Gasteiger partial charge is 0.277 e. The van der Waals surface area contributed by atoms with Gasteiger partial charge in [-0.2, -0.15) is 0 Å². The van der Waals surface area contributed by atoms with Crippen molar-refractivity contribution in [1.82, 2.24) is 5.48 Å². The van der Waals surface area contributed by atoms with Gasteiger partial charge >= 0.3 is 0 Å². The van der Waals surface area contributed by atoms with Gasteiger partial charge in [-0.1, -0.05) is 12.2 Å². The van der Waals surface area contributed by atoms with Gasteiger partial charge in [-0.3, -0.25) is 9.63 Å². The van der Waals surface area contributed by atoms with Crippen LogP contribution in [0.25, 0.3) is 0 Å². The third-order valence-electron chi connectivity index (χ3n) is 3.44. The largest absolute Gasteiger partial charge is 0.352 e. The number of hydrogen-bond acceptors (Lipinski definition) is 3. The van der Waals surface area contributed by atoms with E-state index in [1.165, 1.54) is 6.07 Å². The lowest BCUT2D eigenvalue weighted by Crippen LogP contribution is -2.25. The molecule has 4 nitrogen and oxygen atoms in total. The Kier molecular flexibility index (Phi) is 7.54. The van der Waals surface area contributed by atoms with Crippen LogP contribution >= 0.6 is 38.5 Å². The lowest BCUT2D eigenvalue weighted by Gasteiger charge is -2.16. The molecule has 2 aromatic carbocycles. The van der Waals surface area contributed by atoms with Gasteiger partial charge < -0.3 is 5.32 Å². The van der Waals surface area contributed by atoms with Crippen molar-refractivity contribution >= 4 is 55.8 Å². The molecule has 2 N–H and O–H groups in total. The van der Waals surface area contributed by atoms with Crippen molar-refractivity contribution in [3.05, 3.63) is 67.2 Å². The summed E-state index contributed by atoms with van der Waals surface area (Å²) in [5.41, 5.74) is 3.26. The number of rotatable bonds is 6. The summed E-state index contributed by atoms with van der Waals surface area (Å²) in [7, 11) is 0. The van der Waals surface area contributed by atoms with Crippen molar-refractivity contribution in [3.63, 3.8) is 0 Å². The monoisotopic (exact) mass is 536 g/mol. The molecular formula is C18H16BrF2IN2O2. The molecule has 0 atom stereocenters. The quantitative estimate of drug-likeness (QED) is 0.166. The minimum absolute atomic E-state index is 0.0887. The highest BCUT2D eigenvalue weighted by Gasteiger charge is 2.22. The van der Waals surface area contributed by atoms with Gasteiger partial charge in [-0.15, -0.1) is 0 Å². The maximum absolute atomic E-state index is 14.5. The molecule has 0 aliphatic carbocycles. The number of amides is 1. The van der Waals surface area contributed by atoms with Crippen LogP contribution in [0.3, 0.4) is 0 Å². The molecule has 0 aromatic heterocycles. The Balaban J connectivity index is 2.39. The molecule has 0 radical (unpaired) electrons. The van der Waals surface area contributed by atoms with E-state index in [4.69, 9.17) is 4.84 Å². The molecule has 0 heterocycles. The molecule has 0 fully saturated rings. The van der Waals surface area contributed by atoms with Gasteiger partial charge in [0.2, 0.25) is 0 Å². The second kappa shape index (κ2) is 9.43. The first kappa shape index (κ1) is 20.8. The molecule has 1 amide bonds. The fourth-order valence-electron chi connectivity index (χ4n) is 2.10. The number of anilines is 2. The molecule has 2 rings (SSSR count). The minimum atomic E-state index is -1.16. The normalized spacial score (nSPS) is 11.0. The number of aryl methyl sites for hydroxylation is 1. The van der Waals surface area contributed by atoms with Crippen LogP contribution in [0.1, 0.15) is 22.8 Å². The summed E-state index contributed by atoms with van der Waals surface area (Å²) in [5, 5.41) is 2.82. The molecule has 0 aliphatic heterocycles. The molecule has 0 saturated carbocycles. The van der Waals surface area contributed by atoms with E-state index in [9.17, 15) is 13.6 Å². The summed E-state index contributed by atoms with van der Waals surface area (Å²) < 4.78 is 29.4. The fourth-order valence-corrected chi connectivity index (χ4v) is 3.15. The summed E-state index contributed by atoms with van der Waals surface area (Å²) in [4.78, 5) is 17.4. The van der Waals surface area contributed by atoms with Crippen LogP contribution < -0.4 is 10.8 Å². The molecule has 0 saturated heterocycles. The van der Waals surface area contributed by atoms with E-state index in [1.54, 1.807) is 18.2 Å². The lowest BCUT2D eigenvalue weighted by atomic mass is 10.1. The predicted molar refractivity (Wildman–Crippen MR) is 109 cm³/mol. The van der Waals surface area contributed by atoms with Gasteiger partial charge in [-0.25, -0.2) is 14.3 Å². The first-order valence-corrected chi connectivity index (χ1v) is 9.46. The number of halogens is 4. The average Bonchev–Trinajstić information content (AvgIpc) is 2.60. The van der Waals surface area contributed by atoms with Crippen molar-refractivity contribution < 1.29 is 18.4 Å². The molecule has 8 heteroatoms. The van der Waals surface area contributed by atoms with Crippen LogP contribution in [0.4, 0.5) is 20.2 Å². The molecule has 138 valence electrons. The summed E-state index contributed by atoms with van der Waals surface area (Å²) in [6, 6.07) is 6.65. The summed E-state index contributed by atoms with van der Waals surface area (Å²) in [5.74, 6) is -2.93. The van der Waals surface area contributed by atoms with E-state index in [0.717, 1.165) is 9.13 Å². The molecule has 0 bridgehead atoms. The number of hydroxylamine groups is 1. The van der Waals surface area contributed by atoms with Gasteiger partial charge in [0.25, 0.3) is 5.91 Å². The SMILES string of the molecule is CC=CCONC(=O)c1cc(Br)c(F)c(F)c1Nc1ccc(I)cc1C. The van der Waals surface area contributed by atoms with Crippen molar-refractivity contribution in [1.29, 1.82) is 0 Å². The minimum Gasteiger partial charge on any atom is -0.352 e. The first-order chi connectivity index (χ1) is 12.3. The maximum atomic E-state index is 14.5. The Hall–Kier alpha value is -1.52. The van der Waals surface area contributed by atoms with E-state index in [1.807, 2.05) is 26.0 Å². The number of hydrogen-bond donors (Lipinski definition) is 2. The second-order valence-electron chi connectivity index (χ2n) is 5.30. The Labute approximate surface area is 172 Å². The number of allylic oxidation sites excluding steroid dienone is 1. The Morgan fingerprint density at radius 2 is 2.04 bits per heavy atom. The van der Waals surface area contributed by atoms with Crippen LogP contribution in [0.2, 0.25) is 0 Å². The third kappa shape index (κ3) is 5.01. The van der Waals surface area contributed by atoms with Gasteiger partial charge in [0.05, 0.1) is 22.3 Å². The molecule has 26 heavy (non-hydrogen) atoms. The van der Waals surface area contributed by atoms with Crippen LogP contribution in [-0.2, 0) is 4.84 Å². The highest BCUT2D eigenvalue weighted by atomic mass is 127. The lowest BCUT2D eigenvalue weighted by molar-refractivity contribution is 0.0421. The van der Waals surface area contributed by atoms with Gasteiger partial charge in [0.1, 0.15) is 0 Å². The average molecular weight is 537 g/mol. The second-order valence-corrected chi connectivity index (χ2v) is 7.40. The van der Waals surface area contributed by atoms with Crippen molar-refractivity contribution in [2.75, 3.05) is 11.9 Å². The number of carbonyl (C=O) groups is 1. The fraction of sp³-hybridized carbons (Fsp3) is 0.167. The van der Waals surface area contributed by atoms with Gasteiger partial charge in [0, 0.05) is 9.26 Å². The van der Waals surface area contributed by atoms with Crippen LogP contribution in [0, 0.1) is 22.1 Å². The number of nitrogens with one attached hydrogen (secondary N) is 2. The predicted octanol–water partition coefficient (Wildman–Crippen LogP) is 5.62. The first-order valence-electron chi connectivity index (χ1n) is 7.59. The Morgan fingerprint density at radius 3 is 2.69 bits per heavy atom. The maximum Gasteiger partial charge on any atom is 0.277 e. The third-order valence-corrected chi connectivity index (χ3v) is 4.68. The standard InChI is InChI=1S/C18H16BrF2IN2O2/c1-3-4-7-26-24-18(25)12-9-13(19)15(20)16(21)17(12)23-14-6-5-11(22)8-10(14)2/h3-6,8-9,23H,7H2,1-2H3,(H,24,25).